The minimum Gasteiger partial charge on any atom is -0.455 e. The zero-order valence-corrected chi connectivity index (χ0v) is 46.1. The molecule has 17 heteroatoms. The maximum atomic E-state index is 15.1. The van der Waals surface area contributed by atoms with Gasteiger partial charge in [-0.2, -0.15) is 0 Å². The largest absolute Gasteiger partial charge is 0.509 e. The van der Waals surface area contributed by atoms with Crippen LogP contribution in [-0.2, 0) is 47.5 Å². The Hall–Kier alpha value is -4.75. The molecule has 2 saturated heterocycles. The van der Waals surface area contributed by atoms with E-state index in [1.54, 1.807) is 74.5 Å². The van der Waals surface area contributed by atoms with Crippen molar-refractivity contribution in [3.05, 3.63) is 82.9 Å². The van der Waals surface area contributed by atoms with Crippen LogP contribution in [0.1, 0.15) is 179 Å². The number of benzene rings is 2. The quantitative estimate of drug-likeness (QED) is 0.0257. The van der Waals surface area contributed by atoms with Gasteiger partial charge in [-0.3, -0.25) is 14.4 Å². The number of aliphatic hydroxyl groups is 4. The van der Waals surface area contributed by atoms with Gasteiger partial charge < -0.3 is 58.9 Å². The molecule has 7 rings (SSSR count). The molecule has 1 amide bonds. The standard InChI is InChI=1S/C60H85NO16/c1-7-8-9-10-11-12-13-14-15-16-17-18-19-20-27-32-46-71-35-42(75-46)36-72-56(68)77-50(48(40-28-23-21-24-29-40)61-54(66)41-30-25-22-26-31-41)55(67)76-43-34-60(70)53(65)51-58(6,44(63)33-45-59(51,69)37-73-45)52(64)49(74-39(3)62)47(38(43)2)57(60,4)5/h21-26,28-31,42-46,48-51,53,63,65,69-70H,7-20,27,32-37H2,1-6H3,(H,61,66)/t42?,43-,44-,45+,46?,48-,49+,50+,51-,53-,58+,59-,60+/m0/s1. The number of ether oxygens (including phenoxy) is 7. The van der Waals surface area contributed by atoms with E-state index in [0.717, 1.165) is 26.2 Å². The number of Topliss-reactive ketones (excluding diaryl/α,β-unsaturated/α-hetero) is 1. The second kappa shape index (κ2) is 26.5. The van der Waals surface area contributed by atoms with E-state index < -0.39 is 119 Å². The third-order valence-electron chi connectivity index (χ3n) is 17.4. The van der Waals surface area contributed by atoms with Crippen molar-refractivity contribution in [1.29, 1.82) is 0 Å². The summed E-state index contributed by atoms with van der Waals surface area (Å²) in [4.78, 5) is 70.9. The molecular weight excluding hydrogens is 991 g/mol. The van der Waals surface area contributed by atoms with Gasteiger partial charge >= 0.3 is 18.1 Å². The zero-order chi connectivity index (χ0) is 55.5. The van der Waals surface area contributed by atoms with Crippen molar-refractivity contribution < 1.29 is 77.6 Å². The van der Waals surface area contributed by atoms with Gasteiger partial charge in [-0.25, -0.2) is 9.59 Å². The van der Waals surface area contributed by atoms with Gasteiger partial charge in [0.05, 0.1) is 36.9 Å². The summed E-state index contributed by atoms with van der Waals surface area (Å²) in [6, 6.07) is 15.1. The Kier molecular flexibility index (Phi) is 20.6. The van der Waals surface area contributed by atoms with Crippen molar-refractivity contribution >= 4 is 29.8 Å². The maximum Gasteiger partial charge on any atom is 0.509 e. The van der Waals surface area contributed by atoms with Gasteiger partial charge in [-0.15, -0.1) is 0 Å². The highest BCUT2D eigenvalue weighted by atomic mass is 16.8. The topological polar surface area (TPSA) is 243 Å². The van der Waals surface area contributed by atoms with Crippen molar-refractivity contribution in [3.8, 4) is 0 Å². The van der Waals surface area contributed by atoms with Crippen LogP contribution in [0, 0.1) is 16.7 Å². The third-order valence-corrected chi connectivity index (χ3v) is 17.4. The van der Waals surface area contributed by atoms with E-state index in [2.05, 4.69) is 12.2 Å². The second-order valence-electron chi connectivity index (χ2n) is 23.0. The van der Waals surface area contributed by atoms with Crippen LogP contribution in [0.2, 0.25) is 0 Å². The van der Waals surface area contributed by atoms with Gasteiger partial charge in [0.15, 0.2) is 18.2 Å². The van der Waals surface area contributed by atoms with E-state index in [0.29, 0.717) is 12.0 Å². The Balaban J connectivity index is 1.06. The molecule has 77 heavy (non-hydrogen) atoms. The number of hydrogen-bond donors (Lipinski definition) is 5. The number of esters is 2. The number of carbonyl (C=O) groups excluding carboxylic acids is 5. The van der Waals surface area contributed by atoms with Crippen LogP contribution in [0.15, 0.2) is 71.8 Å². The highest BCUT2D eigenvalue weighted by Gasteiger charge is 2.75. The summed E-state index contributed by atoms with van der Waals surface area (Å²) in [6.07, 6.45) is 6.68. The molecule has 426 valence electrons. The van der Waals surface area contributed by atoms with Crippen molar-refractivity contribution in [2.75, 3.05) is 19.8 Å². The van der Waals surface area contributed by atoms with Crippen LogP contribution in [0.3, 0.4) is 0 Å². The van der Waals surface area contributed by atoms with Crippen molar-refractivity contribution in [2.24, 2.45) is 16.7 Å². The summed E-state index contributed by atoms with van der Waals surface area (Å²) in [6.45, 7) is 8.89. The van der Waals surface area contributed by atoms with Gasteiger partial charge in [0, 0.05) is 36.7 Å². The summed E-state index contributed by atoms with van der Waals surface area (Å²) in [5.41, 5.74) is -7.14. The summed E-state index contributed by atoms with van der Waals surface area (Å²) in [5, 5.41) is 52.5. The average molecular weight is 1080 g/mol. The number of aliphatic hydroxyl groups excluding tert-OH is 2. The van der Waals surface area contributed by atoms with Gasteiger partial charge in [0.1, 0.15) is 36.1 Å². The Morgan fingerprint density at radius 1 is 0.792 bits per heavy atom. The van der Waals surface area contributed by atoms with Crippen LogP contribution in [0.4, 0.5) is 4.79 Å². The monoisotopic (exact) mass is 1080 g/mol. The van der Waals surface area contributed by atoms with Crippen LogP contribution in [0.25, 0.3) is 0 Å². The molecule has 2 aromatic carbocycles. The molecule has 0 spiro atoms. The molecule has 0 radical (unpaired) electrons. The van der Waals surface area contributed by atoms with Crippen molar-refractivity contribution in [3.63, 3.8) is 0 Å². The van der Waals surface area contributed by atoms with E-state index in [1.165, 1.54) is 90.9 Å². The fraction of sp³-hybridized carbons (Fsp3) is 0.683. The number of amides is 1. The smallest absolute Gasteiger partial charge is 0.455 e. The number of carbonyl (C=O) groups is 5. The number of unbranched alkanes of at least 4 members (excludes halogenated alkanes) is 14. The fourth-order valence-electron chi connectivity index (χ4n) is 12.7. The Bertz CT molecular complexity index is 2340. The van der Waals surface area contributed by atoms with Gasteiger partial charge in [-0.1, -0.05) is 159 Å². The lowest BCUT2D eigenvalue weighted by atomic mass is 9.45. The number of rotatable bonds is 26. The number of nitrogens with one attached hydrogen (secondary N) is 1. The first-order valence-electron chi connectivity index (χ1n) is 28.3. The predicted molar refractivity (Wildman–Crippen MR) is 283 cm³/mol. The lowest BCUT2D eigenvalue weighted by Gasteiger charge is -2.66. The molecule has 3 aliphatic carbocycles. The van der Waals surface area contributed by atoms with Crippen LogP contribution in [0.5, 0.6) is 0 Å². The molecule has 2 saturated carbocycles. The number of fused-ring (bicyclic) bond motifs is 5. The number of hydrogen-bond acceptors (Lipinski definition) is 16. The molecule has 4 fully saturated rings. The summed E-state index contributed by atoms with van der Waals surface area (Å²) in [5.74, 6) is -5.13. The molecule has 2 bridgehead atoms. The molecule has 17 nitrogen and oxygen atoms in total. The van der Waals surface area contributed by atoms with E-state index >= 15 is 9.59 Å². The molecule has 5 aliphatic rings. The normalized spacial score (nSPS) is 31.1. The Morgan fingerprint density at radius 2 is 1.38 bits per heavy atom. The third kappa shape index (κ3) is 13.3. The Morgan fingerprint density at radius 3 is 1.95 bits per heavy atom. The van der Waals surface area contributed by atoms with Gasteiger partial charge in [0.2, 0.25) is 6.10 Å². The van der Waals surface area contributed by atoms with Crippen LogP contribution >= 0.6 is 0 Å². The highest BCUT2D eigenvalue weighted by molar-refractivity contribution is 5.96. The first kappa shape index (κ1) is 59.9. The molecular formula is C60H85NO16. The fourth-order valence-corrected chi connectivity index (χ4v) is 12.7. The van der Waals surface area contributed by atoms with E-state index in [-0.39, 0.29) is 43.0 Å². The average Bonchev–Trinajstić information content (AvgIpc) is 3.94. The van der Waals surface area contributed by atoms with Crippen LogP contribution in [-0.4, -0.2) is 130 Å². The first-order valence-corrected chi connectivity index (χ1v) is 28.3. The molecule has 2 heterocycles. The van der Waals surface area contributed by atoms with Gasteiger partial charge in [0.25, 0.3) is 5.91 Å². The Labute approximate surface area is 454 Å². The molecule has 2 aliphatic heterocycles. The predicted octanol–water partition coefficient (Wildman–Crippen LogP) is 8.46. The summed E-state index contributed by atoms with van der Waals surface area (Å²) < 4.78 is 41.1. The van der Waals surface area contributed by atoms with Crippen LogP contribution < -0.4 is 5.32 Å². The zero-order valence-electron chi connectivity index (χ0n) is 46.1. The van der Waals surface area contributed by atoms with Crippen molar-refractivity contribution in [1.82, 2.24) is 5.32 Å². The van der Waals surface area contributed by atoms with Gasteiger partial charge in [-0.05, 0) is 55.5 Å². The summed E-state index contributed by atoms with van der Waals surface area (Å²) in [7, 11) is 0. The van der Waals surface area contributed by atoms with E-state index in [9.17, 15) is 34.8 Å². The molecule has 2 aromatic rings. The second-order valence-corrected chi connectivity index (χ2v) is 23.0. The molecule has 13 atom stereocenters. The number of ketones is 1. The molecule has 5 N–H and O–H groups in total. The summed E-state index contributed by atoms with van der Waals surface area (Å²) >= 11 is 0. The lowest BCUT2D eigenvalue weighted by Crippen LogP contribution is -2.80. The molecule has 2 unspecified atom stereocenters. The highest BCUT2D eigenvalue weighted by Crippen LogP contribution is 2.63. The minimum absolute atomic E-state index is 0.000288. The van der Waals surface area contributed by atoms with E-state index in [4.69, 9.17) is 33.2 Å². The molecule has 0 aromatic heterocycles. The maximum absolute atomic E-state index is 15.1. The van der Waals surface area contributed by atoms with Crippen molar-refractivity contribution in [2.45, 2.75) is 223 Å². The SMILES string of the molecule is CCCCCCCCCCCCCCCCCC1OCC(COC(=O)O[C@@H](C(=O)O[C@H]2C[C@@]3(O)[C@@H](O)[C@@H]4[C@]5(O)CO[C@@H]5C[C@H](O)[C@@]4(C)C(=O)[C@H](OC(C)=O)C(=C2C)C3(C)C)[C@@H](NC(=O)c2ccccc2)c2ccccc2)O1. The lowest BCUT2D eigenvalue weighted by molar-refractivity contribution is -0.344. The van der Waals surface area contributed by atoms with E-state index in [1.807, 2.05) is 0 Å². The first-order chi connectivity index (χ1) is 36.8. The minimum atomic E-state index is -2.37.